The second-order valence-corrected chi connectivity index (χ2v) is 7.18. The topological polar surface area (TPSA) is 62.3 Å². The van der Waals surface area contributed by atoms with Crippen molar-refractivity contribution in [3.8, 4) is 0 Å². The summed E-state index contributed by atoms with van der Waals surface area (Å²) in [5, 5.41) is 3.29. The Kier molecular flexibility index (Phi) is 4.42. The number of hydrogen-bond donors (Lipinski definition) is 1. The maximum absolute atomic E-state index is 11.6. The summed E-state index contributed by atoms with van der Waals surface area (Å²) in [6, 6.07) is 2.05. The molecule has 0 aromatic carbocycles. The van der Waals surface area contributed by atoms with Crippen LogP contribution in [0.2, 0.25) is 0 Å². The second-order valence-electron chi connectivity index (χ2n) is 4.95. The highest BCUT2D eigenvalue weighted by Crippen LogP contribution is 2.25. The van der Waals surface area contributed by atoms with Gasteiger partial charge in [0.1, 0.15) is 0 Å². The summed E-state index contributed by atoms with van der Waals surface area (Å²) in [6.45, 7) is 3.75. The molecule has 1 fully saturated rings. The lowest BCUT2D eigenvalue weighted by molar-refractivity contribution is 0.600. The zero-order valence-electron chi connectivity index (χ0n) is 11.5. The summed E-state index contributed by atoms with van der Waals surface area (Å²) in [5.41, 5.74) is 2.18. The van der Waals surface area contributed by atoms with Gasteiger partial charge in [-0.1, -0.05) is 6.92 Å². The lowest BCUT2D eigenvalue weighted by Gasteiger charge is -2.27. The van der Waals surface area contributed by atoms with Crippen LogP contribution in [0.25, 0.3) is 0 Å². The van der Waals surface area contributed by atoms with Gasteiger partial charge in [-0.05, 0) is 24.6 Å². The van der Waals surface area contributed by atoms with E-state index in [0.29, 0.717) is 12.2 Å². The summed E-state index contributed by atoms with van der Waals surface area (Å²) in [4.78, 5) is 6.22. The summed E-state index contributed by atoms with van der Waals surface area (Å²) >= 11 is 0. The van der Waals surface area contributed by atoms with Crippen molar-refractivity contribution in [1.29, 1.82) is 0 Å². The molecule has 0 aliphatic carbocycles. The van der Waals surface area contributed by atoms with E-state index in [1.54, 1.807) is 6.20 Å². The minimum absolute atomic E-state index is 0.0644. The highest BCUT2D eigenvalue weighted by atomic mass is 32.2. The molecule has 106 valence electrons. The molecule has 0 amide bonds. The molecule has 1 aromatic rings. The molecule has 0 bridgehead atoms. The fourth-order valence-electron chi connectivity index (χ4n) is 2.42. The highest BCUT2D eigenvalue weighted by Gasteiger charge is 2.31. The van der Waals surface area contributed by atoms with Crippen LogP contribution in [0.5, 0.6) is 0 Å². The average Bonchev–Trinajstić information content (AvgIpc) is 2.76. The van der Waals surface area contributed by atoms with E-state index in [1.807, 2.05) is 19.3 Å². The monoisotopic (exact) mass is 283 g/mol. The van der Waals surface area contributed by atoms with Crippen LogP contribution in [0.3, 0.4) is 0 Å². The van der Waals surface area contributed by atoms with Crippen LogP contribution in [0.1, 0.15) is 18.9 Å². The van der Waals surface area contributed by atoms with Gasteiger partial charge in [0, 0.05) is 25.8 Å². The first kappa shape index (κ1) is 14.3. The first-order chi connectivity index (χ1) is 9.03. The molecule has 2 rings (SSSR count). The fraction of sp³-hybridized carbons (Fsp3) is 0.615. The van der Waals surface area contributed by atoms with Crippen molar-refractivity contribution in [2.75, 3.05) is 30.0 Å². The molecule has 0 saturated carbocycles. The van der Waals surface area contributed by atoms with Gasteiger partial charge in [-0.25, -0.2) is 8.42 Å². The van der Waals surface area contributed by atoms with E-state index in [9.17, 15) is 8.42 Å². The van der Waals surface area contributed by atoms with Crippen molar-refractivity contribution in [3.63, 3.8) is 0 Å². The number of hydrogen-bond acceptors (Lipinski definition) is 5. The number of pyridine rings is 1. The molecular weight excluding hydrogens is 262 g/mol. The van der Waals surface area contributed by atoms with Crippen molar-refractivity contribution in [2.45, 2.75) is 25.9 Å². The number of anilines is 1. The minimum atomic E-state index is -2.86. The van der Waals surface area contributed by atoms with Crippen molar-refractivity contribution in [2.24, 2.45) is 0 Å². The number of sulfone groups is 1. The normalized spacial score (nSPS) is 21.5. The SMILES string of the molecule is CCNCc1ccncc1N(C)C1CCS(=O)(=O)C1. The third kappa shape index (κ3) is 3.45. The Labute approximate surface area is 114 Å². The lowest BCUT2D eigenvalue weighted by Crippen LogP contribution is -2.33. The van der Waals surface area contributed by atoms with Crippen molar-refractivity contribution in [1.82, 2.24) is 10.3 Å². The summed E-state index contributed by atoms with van der Waals surface area (Å²) < 4.78 is 23.2. The van der Waals surface area contributed by atoms with Gasteiger partial charge in [0.15, 0.2) is 9.84 Å². The van der Waals surface area contributed by atoms with E-state index in [2.05, 4.69) is 22.1 Å². The van der Waals surface area contributed by atoms with Crippen LogP contribution >= 0.6 is 0 Å². The zero-order valence-corrected chi connectivity index (χ0v) is 12.3. The first-order valence-electron chi connectivity index (χ1n) is 6.60. The summed E-state index contributed by atoms with van der Waals surface area (Å²) in [6.07, 6.45) is 4.29. The predicted molar refractivity (Wildman–Crippen MR) is 77.1 cm³/mol. The maximum Gasteiger partial charge on any atom is 0.152 e. The molecule has 0 radical (unpaired) electrons. The first-order valence-corrected chi connectivity index (χ1v) is 8.42. The van der Waals surface area contributed by atoms with E-state index >= 15 is 0 Å². The molecule has 1 saturated heterocycles. The van der Waals surface area contributed by atoms with Gasteiger partial charge in [-0.3, -0.25) is 4.98 Å². The molecule has 0 spiro atoms. The Balaban J connectivity index is 2.17. The molecule has 1 aliphatic rings. The second kappa shape index (κ2) is 5.88. The van der Waals surface area contributed by atoms with Gasteiger partial charge in [0.2, 0.25) is 0 Å². The Morgan fingerprint density at radius 2 is 2.32 bits per heavy atom. The Hall–Kier alpha value is -1.14. The molecular formula is C13H21N3O2S. The third-order valence-corrected chi connectivity index (χ3v) is 5.34. The average molecular weight is 283 g/mol. The van der Waals surface area contributed by atoms with Gasteiger partial charge in [-0.2, -0.15) is 0 Å². The number of rotatable bonds is 5. The van der Waals surface area contributed by atoms with E-state index in [1.165, 1.54) is 0 Å². The van der Waals surface area contributed by atoms with Crippen LogP contribution in [0.15, 0.2) is 18.5 Å². The zero-order chi connectivity index (χ0) is 13.9. The molecule has 5 nitrogen and oxygen atoms in total. The standard InChI is InChI=1S/C13H21N3O2S/c1-3-14-8-11-4-6-15-9-13(11)16(2)12-5-7-19(17,18)10-12/h4,6,9,12,14H,3,5,7-8,10H2,1-2H3. The van der Waals surface area contributed by atoms with Gasteiger partial charge >= 0.3 is 0 Å². The number of nitrogens with zero attached hydrogens (tertiary/aromatic N) is 2. The minimum Gasteiger partial charge on any atom is -0.369 e. The smallest absolute Gasteiger partial charge is 0.152 e. The van der Waals surface area contributed by atoms with Crippen LogP contribution in [0.4, 0.5) is 5.69 Å². The van der Waals surface area contributed by atoms with Gasteiger partial charge in [0.05, 0.1) is 23.4 Å². The molecule has 1 unspecified atom stereocenters. The summed E-state index contributed by atoms with van der Waals surface area (Å²) in [5.74, 6) is 0.545. The van der Waals surface area contributed by atoms with Crippen LogP contribution in [0, 0.1) is 0 Å². The highest BCUT2D eigenvalue weighted by molar-refractivity contribution is 7.91. The van der Waals surface area contributed by atoms with Gasteiger partial charge in [-0.15, -0.1) is 0 Å². The maximum atomic E-state index is 11.6. The quantitative estimate of drug-likeness (QED) is 0.866. The molecule has 6 heteroatoms. The van der Waals surface area contributed by atoms with E-state index in [0.717, 1.165) is 24.3 Å². The third-order valence-electron chi connectivity index (χ3n) is 3.59. The molecule has 1 atom stereocenters. The van der Waals surface area contributed by atoms with Crippen LogP contribution < -0.4 is 10.2 Å². The molecule has 2 heterocycles. The Morgan fingerprint density at radius 1 is 1.53 bits per heavy atom. The van der Waals surface area contributed by atoms with Gasteiger partial charge in [0.25, 0.3) is 0 Å². The lowest BCUT2D eigenvalue weighted by atomic mass is 10.1. The molecule has 19 heavy (non-hydrogen) atoms. The van der Waals surface area contributed by atoms with Crippen LogP contribution in [-0.4, -0.2) is 44.5 Å². The van der Waals surface area contributed by atoms with E-state index < -0.39 is 9.84 Å². The Morgan fingerprint density at radius 3 is 2.95 bits per heavy atom. The molecule has 1 N–H and O–H groups in total. The van der Waals surface area contributed by atoms with Crippen molar-refractivity contribution in [3.05, 3.63) is 24.0 Å². The molecule has 1 aromatic heterocycles. The largest absolute Gasteiger partial charge is 0.369 e. The number of aromatic nitrogens is 1. The van der Waals surface area contributed by atoms with Crippen LogP contribution in [-0.2, 0) is 16.4 Å². The van der Waals surface area contributed by atoms with Crippen molar-refractivity contribution >= 4 is 15.5 Å². The predicted octanol–water partition coefficient (Wildman–Crippen LogP) is 0.814. The number of nitrogens with one attached hydrogen (secondary N) is 1. The Bertz CT molecular complexity index is 530. The van der Waals surface area contributed by atoms with E-state index in [-0.39, 0.29) is 11.8 Å². The van der Waals surface area contributed by atoms with Gasteiger partial charge < -0.3 is 10.2 Å². The fourth-order valence-corrected chi connectivity index (χ4v) is 4.19. The van der Waals surface area contributed by atoms with E-state index in [4.69, 9.17) is 0 Å². The summed E-state index contributed by atoms with van der Waals surface area (Å²) in [7, 11) is -0.900. The van der Waals surface area contributed by atoms with Crippen molar-refractivity contribution < 1.29 is 8.42 Å². The molecule has 1 aliphatic heterocycles.